The summed E-state index contributed by atoms with van der Waals surface area (Å²) >= 11 is 0. The molecule has 0 aromatic rings. The van der Waals surface area contributed by atoms with Crippen LogP contribution in [-0.2, 0) is 23.8 Å². The summed E-state index contributed by atoms with van der Waals surface area (Å²) in [5.41, 5.74) is -1.20. The molecule has 0 aromatic carbocycles. The lowest BCUT2D eigenvalue weighted by Crippen LogP contribution is -2.35. The van der Waals surface area contributed by atoms with Crippen molar-refractivity contribution in [2.45, 2.75) is 44.2 Å². The Labute approximate surface area is 105 Å². The highest BCUT2D eigenvalue weighted by Gasteiger charge is 2.59. The summed E-state index contributed by atoms with van der Waals surface area (Å²) in [6.45, 7) is 2.00. The molecule has 6 heteroatoms. The number of aliphatic hydroxyl groups is 1. The molecule has 1 aliphatic carbocycles. The molecule has 6 nitrogen and oxygen atoms in total. The Hall–Kier alpha value is -0.980. The van der Waals surface area contributed by atoms with E-state index in [2.05, 4.69) is 0 Å². The summed E-state index contributed by atoms with van der Waals surface area (Å²) in [6.07, 6.45) is -0.921. The summed E-state index contributed by atoms with van der Waals surface area (Å²) in [5.74, 6) is -1.16. The van der Waals surface area contributed by atoms with Gasteiger partial charge < -0.3 is 19.3 Å². The lowest BCUT2D eigenvalue weighted by Gasteiger charge is -2.18. The van der Waals surface area contributed by atoms with Gasteiger partial charge in [-0.05, 0) is 13.3 Å². The monoisotopic (exact) mass is 258 g/mol. The Morgan fingerprint density at radius 3 is 2.83 bits per heavy atom. The number of ether oxygens (including phenoxy) is 3. The second-order valence-corrected chi connectivity index (χ2v) is 4.80. The molecule has 4 atom stereocenters. The Morgan fingerprint density at radius 1 is 1.56 bits per heavy atom. The van der Waals surface area contributed by atoms with Gasteiger partial charge in [0.05, 0.1) is 13.0 Å². The number of rotatable bonds is 4. The van der Waals surface area contributed by atoms with Gasteiger partial charge in [-0.15, -0.1) is 0 Å². The van der Waals surface area contributed by atoms with Crippen molar-refractivity contribution in [1.29, 1.82) is 0 Å². The molecule has 1 heterocycles. The van der Waals surface area contributed by atoms with E-state index in [0.717, 1.165) is 0 Å². The van der Waals surface area contributed by atoms with E-state index in [1.807, 2.05) is 0 Å². The third-order valence-corrected chi connectivity index (χ3v) is 3.54. The predicted octanol–water partition coefficient (Wildman–Crippen LogP) is 0.0211. The highest BCUT2D eigenvalue weighted by atomic mass is 16.7. The molecule has 18 heavy (non-hydrogen) atoms. The highest BCUT2D eigenvalue weighted by molar-refractivity contribution is 5.92. The predicted molar refractivity (Wildman–Crippen MR) is 59.6 cm³/mol. The van der Waals surface area contributed by atoms with Crippen LogP contribution >= 0.6 is 0 Å². The first-order chi connectivity index (χ1) is 8.50. The van der Waals surface area contributed by atoms with Crippen LogP contribution in [0.2, 0.25) is 0 Å². The van der Waals surface area contributed by atoms with Crippen molar-refractivity contribution in [2.75, 3.05) is 13.7 Å². The molecule has 1 N–H and O–H groups in total. The number of methoxy groups -OCH3 is 1. The van der Waals surface area contributed by atoms with Crippen LogP contribution in [0.1, 0.15) is 26.2 Å². The topological polar surface area (TPSA) is 82.1 Å². The average molecular weight is 258 g/mol. The summed E-state index contributed by atoms with van der Waals surface area (Å²) in [6, 6.07) is 0. The lowest BCUT2D eigenvalue weighted by molar-refractivity contribution is -0.153. The number of Topliss-reactive ketones (excluding diaryl/α,β-unsaturated/α-hetero) is 1. The van der Waals surface area contributed by atoms with Crippen molar-refractivity contribution < 1.29 is 28.9 Å². The van der Waals surface area contributed by atoms with Crippen LogP contribution in [0.25, 0.3) is 0 Å². The van der Waals surface area contributed by atoms with Crippen molar-refractivity contribution in [3.05, 3.63) is 0 Å². The molecular formula is C12H18O6. The largest absolute Gasteiger partial charge is 0.466 e. The highest BCUT2D eigenvalue weighted by Crippen LogP contribution is 2.44. The van der Waals surface area contributed by atoms with Gasteiger partial charge in [0.1, 0.15) is 11.7 Å². The van der Waals surface area contributed by atoms with E-state index in [0.29, 0.717) is 0 Å². The number of hydrogen-bond acceptors (Lipinski definition) is 6. The second kappa shape index (κ2) is 4.95. The maximum absolute atomic E-state index is 12.0. The molecule has 0 amide bonds. The van der Waals surface area contributed by atoms with Gasteiger partial charge in [0.25, 0.3) is 0 Å². The summed E-state index contributed by atoms with van der Waals surface area (Å²) in [4.78, 5) is 23.4. The number of fused-ring (bicyclic) bond motifs is 1. The zero-order valence-corrected chi connectivity index (χ0v) is 10.5. The maximum atomic E-state index is 12.0. The fraction of sp³-hybridized carbons (Fsp3) is 0.833. The van der Waals surface area contributed by atoms with Gasteiger partial charge in [-0.3, -0.25) is 9.59 Å². The fourth-order valence-electron chi connectivity index (χ4n) is 2.72. The molecule has 0 aromatic heterocycles. The van der Waals surface area contributed by atoms with Crippen molar-refractivity contribution in [2.24, 2.45) is 5.92 Å². The molecule has 1 saturated carbocycles. The smallest absolute Gasteiger partial charge is 0.306 e. The van der Waals surface area contributed by atoms with E-state index in [1.54, 1.807) is 6.92 Å². The van der Waals surface area contributed by atoms with Crippen molar-refractivity contribution in [3.63, 3.8) is 0 Å². The Bertz CT molecular complexity index is 354. The molecule has 1 saturated heterocycles. The van der Waals surface area contributed by atoms with Gasteiger partial charge in [-0.2, -0.15) is 0 Å². The van der Waals surface area contributed by atoms with Crippen molar-refractivity contribution >= 4 is 11.8 Å². The van der Waals surface area contributed by atoms with Gasteiger partial charge in [-0.25, -0.2) is 0 Å². The standard InChI is InChI=1S/C12H18O6/c1-3-17-8(13)4-7-5-12(15)6-9(16-2)18-11(12)10(7)14/h7,9,11,15H,3-6H2,1-2H3/t7?,9?,11-,12+/m1/s1. The van der Waals surface area contributed by atoms with Crippen molar-refractivity contribution in [3.8, 4) is 0 Å². The number of hydrogen-bond donors (Lipinski definition) is 1. The SMILES string of the molecule is CCOC(=O)CC1C[C@]2(O)CC(OC)O[C@@H]2C1=O. The van der Waals surface area contributed by atoms with E-state index in [-0.39, 0.29) is 31.7 Å². The average Bonchev–Trinajstić information content (AvgIpc) is 2.74. The van der Waals surface area contributed by atoms with Gasteiger partial charge in [0.15, 0.2) is 12.1 Å². The number of ketones is 1. The zero-order chi connectivity index (χ0) is 13.3. The third-order valence-electron chi connectivity index (χ3n) is 3.54. The van der Waals surface area contributed by atoms with E-state index in [1.165, 1.54) is 7.11 Å². The third kappa shape index (κ3) is 2.28. The van der Waals surface area contributed by atoms with Crippen LogP contribution in [0, 0.1) is 5.92 Å². The van der Waals surface area contributed by atoms with Crippen LogP contribution in [0.15, 0.2) is 0 Å². The summed E-state index contributed by atoms with van der Waals surface area (Å²) < 4.78 is 15.1. The first-order valence-electron chi connectivity index (χ1n) is 6.10. The van der Waals surface area contributed by atoms with E-state index in [9.17, 15) is 14.7 Å². The van der Waals surface area contributed by atoms with Gasteiger partial charge in [0.2, 0.25) is 0 Å². The molecular weight excluding hydrogens is 240 g/mol. The minimum absolute atomic E-state index is 0.00644. The molecule has 2 unspecified atom stereocenters. The van der Waals surface area contributed by atoms with E-state index in [4.69, 9.17) is 14.2 Å². The Morgan fingerprint density at radius 2 is 2.28 bits per heavy atom. The normalized spacial score (nSPS) is 38.8. The molecule has 2 fully saturated rings. The second-order valence-electron chi connectivity index (χ2n) is 4.80. The van der Waals surface area contributed by atoms with Crippen LogP contribution in [0.5, 0.6) is 0 Å². The van der Waals surface area contributed by atoms with Gasteiger partial charge >= 0.3 is 5.97 Å². The van der Waals surface area contributed by atoms with Gasteiger partial charge in [-0.1, -0.05) is 0 Å². The van der Waals surface area contributed by atoms with Crippen LogP contribution in [0.3, 0.4) is 0 Å². The number of esters is 1. The lowest BCUT2D eigenvalue weighted by atomic mass is 9.95. The van der Waals surface area contributed by atoms with Crippen LogP contribution < -0.4 is 0 Å². The molecule has 2 rings (SSSR count). The fourth-order valence-corrected chi connectivity index (χ4v) is 2.72. The Balaban J connectivity index is 2.00. The molecule has 0 spiro atoms. The molecule has 0 bridgehead atoms. The zero-order valence-electron chi connectivity index (χ0n) is 10.5. The Kier molecular flexibility index (Phi) is 3.70. The molecule has 2 aliphatic rings. The summed E-state index contributed by atoms with van der Waals surface area (Å²) in [5, 5.41) is 10.3. The quantitative estimate of drug-likeness (QED) is 0.716. The minimum Gasteiger partial charge on any atom is -0.466 e. The van der Waals surface area contributed by atoms with Crippen LogP contribution in [-0.4, -0.2) is 48.6 Å². The number of carbonyl (C=O) groups is 2. The molecule has 1 aliphatic heterocycles. The number of carbonyl (C=O) groups excluding carboxylic acids is 2. The van der Waals surface area contributed by atoms with Crippen LogP contribution in [0.4, 0.5) is 0 Å². The summed E-state index contributed by atoms with van der Waals surface area (Å²) in [7, 11) is 1.47. The molecule has 102 valence electrons. The van der Waals surface area contributed by atoms with E-state index < -0.39 is 29.9 Å². The first kappa shape index (κ1) is 13.5. The van der Waals surface area contributed by atoms with Crippen molar-refractivity contribution in [1.82, 2.24) is 0 Å². The van der Waals surface area contributed by atoms with E-state index >= 15 is 0 Å². The van der Waals surface area contributed by atoms with Gasteiger partial charge in [0, 0.05) is 19.4 Å². The molecule has 0 radical (unpaired) electrons. The minimum atomic E-state index is -1.20. The first-order valence-corrected chi connectivity index (χ1v) is 6.10. The maximum Gasteiger partial charge on any atom is 0.306 e.